The third-order valence-electron chi connectivity index (χ3n) is 11.2. The molecular weight excluding hydrogens is 983 g/mol. The molecule has 1 fully saturated rings. The minimum absolute atomic E-state index is 0.0121. The number of likely N-dealkylation sites (tertiary alicyclic amines) is 1. The number of rotatable bonds is 41. The van der Waals surface area contributed by atoms with Crippen molar-refractivity contribution in [3.63, 3.8) is 0 Å². The van der Waals surface area contributed by atoms with Gasteiger partial charge in [0.25, 0.3) is 35.4 Å². The molecule has 4 aliphatic heterocycles. The SMILES string of the molecule is CC1CC(=O)N(CCC(=O)NCOCCOCC(COCCOCCC(=O)CCN2C(=O)C=CC2=O)(COCCOCNC(=O)CCN2C(=O)C=CC2=O)COCCOCNC(=O)CCN2C(=O)C=CC2=O)C1=O. The Morgan fingerprint density at radius 2 is 0.743 bits per heavy atom. The molecule has 0 aromatic heterocycles. The van der Waals surface area contributed by atoms with Crippen LogP contribution in [0.3, 0.4) is 0 Å². The molecule has 11 amide bonds. The Morgan fingerprint density at radius 3 is 1.08 bits per heavy atom. The van der Waals surface area contributed by atoms with Gasteiger partial charge in [-0.1, -0.05) is 6.92 Å². The zero-order chi connectivity index (χ0) is 53.7. The summed E-state index contributed by atoms with van der Waals surface area (Å²) < 4.78 is 46.2. The number of carbonyl (C=O) groups is 12. The van der Waals surface area contributed by atoms with Crippen molar-refractivity contribution in [3.8, 4) is 0 Å². The molecule has 1 atom stereocenters. The fourth-order valence-electron chi connectivity index (χ4n) is 7.08. The van der Waals surface area contributed by atoms with Crippen LogP contribution in [-0.4, -0.2) is 223 Å². The molecule has 4 aliphatic rings. The molecule has 0 aromatic rings. The Kier molecular flexibility index (Phi) is 26.5. The van der Waals surface area contributed by atoms with Crippen LogP contribution in [0, 0.1) is 11.3 Å². The second-order valence-corrected chi connectivity index (χ2v) is 17.0. The topological polar surface area (TPSA) is 328 Å². The molecule has 1 unspecified atom stereocenters. The summed E-state index contributed by atoms with van der Waals surface area (Å²) in [5, 5.41) is 7.65. The summed E-state index contributed by atoms with van der Waals surface area (Å²) in [7, 11) is 0. The van der Waals surface area contributed by atoms with Crippen molar-refractivity contribution in [2.24, 2.45) is 11.3 Å². The van der Waals surface area contributed by atoms with Gasteiger partial charge in [0.05, 0.1) is 91.3 Å². The van der Waals surface area contributed by atoms with Crippen LogP contribution in [0.4, 0.5) is 0 Å². The first kappa shape index (κ1) is 60.1. The van der Waals surface area contributed by atoms with Crippen molar-refractivity contribution in [2.75, 3.05) is 132 Å². The van der Waals surface area contributed by atoms with Crippen LogP contribution in [-0.2, 0) is 95.4 Å². The minimum atomic E-state index is -1.01. The van der Waals surface area contributed by atoms with Crippen molar-refractivity contribution in [1.29, 1.82) is 0 Å². The number of ether oxygens (including phenoxy) is 8. The van der Waals surface area contributed by atoms with Gasteiger partial charge in [0.15, 0.2) is 0 Å². The van der Waals surface area contributed by atoms with E-state index in [-0.39, 0.29) is 188 Å². The van der Waals surface area contributed by atoms with Gasteiger partial charge in [0.1, 0.15) is 26.0 Å². The second kappa shape index (κ2) is 32.7. The van der Waals surface area contributed by atoms with Crippen molar-refractivity contribution >= 4 is 70.8 Å². The van der Waals surface area contributed by atoms with Crippen molar-refractivity contribution < 1.29 is 95.4 Å². The molecule has 4 rings (SSSR count). The van der Waals surface area contributed by atoms with Gasteiger partial charge in [-0.3, -0.25) is 77.1 Å². The molecule has 27 heteroatoms. The largest absolute Gasteiger partial charge is 0.379 e. The van der Waals surface area contributed by atoms with Crippen LogP contribution in [0.25, 0.3) is 0 Å². The lowest BCUT2D eigenvalue weighted by Crippen LogP contribution is -2.43. The zero-order valence-electron chi connectivity index (χ0n) is 41.4. The molecule has 0 aromatic carbocycles. The standard InChI is InChI=1S/C47H65N7O20/c1-34-26-45(65)54(46(34)66)16-11-38(58)50-33-74-25-22-71-30-47(27-68-19-18-67-17-12-35(55)8-13-51-39(59)2-3-40(51)60,28-69-20-23-72-31-48-36(56)9-14-52-41(61)4-5-42(52)62)29-70-21-24-73-32-49-37(57)10-15-53-43(63)6-7-44(53)64/h2-7,34H,8-33H2,1H3,(H,48,56)(H,49,57)(H,50,58). The van der Waals surface area contributed by atoms with Gasteiger partial charge in [-0.05, 0) is 0 Å². The highest BCUT2D eigenvalue weighted by molar-refractivity contribution is 6.14. The Morgan fingerprint density at radius 1 is 0.432 bits per heavy atom. The van der Waals surface area contributed by atoms with Gasteiger partial charge in [-0.15, -0.1) is 0 Å². The summed E-state index contributed by atoms with van der Waals surface area (Å²) in [6.45, 7) is 1.23. The van der Waals surface area contributed by atoms with Gasteiger partial charge >= 0.3 is 0 Å². The van der Waals surface area contributed by atoms with Gasteiger partial charge in [-0.2, -0.15) is 0 Å². The molecule has 0 bridgehead atoms. The zero-order valence-corrected chi connectivity index (χ0v) is 41.4. The lowest BCUT2D eigenvalue weighted by molar-refractivity contribution is -0.141. The molecule has 27 nitrogen and oxygen atoms in total. The number of nitrogens with one attached hydrogen (secondary N) is 3. The Hall–Kier alpha value is -6.46. The van der Waals surface area contributed by atoms with E-state index in [1.807, 2.05) is 0 Å². The maximum Gasteiger partial charge on any atom is 0.253 e. The van der Waals surface area contributed by atoms with E-state index in [0.717, 1.165) is 56.1 Å². The molecule has 3 N–H and O–H groups in total. The molecule has 74 heavy (non-hydrogen) atoms. The molecule has 408 valence electrons. The molecule has 1 saturated heterocycles. The van der Waals surface area contributed by atoms with Crippen molar-refractivity contribution in [3.05, 3.63) is 36.5 Å². The molecule has 0 saturated carbocycles. The van der Waals surface area contributed by atoms with E-state index in [9.17, 15) is 57.5 Å². The fraction of sp³-hybridized carbons (Fsp3) is 0.617. The van der Waals surface area contributed by atoms with E-state index in [1.165, 1.54) is 0 Å². The van der Waals surface area contributed by atoms with E-state index >= 15 is 0 Å². The molecule has 0 aliphatic carbocycles. The molecule has 4 heterocycles. The molecule has 0 radical (unpaired) electrons. The highest BCUT2D eigenvalue weighted by Gasteiger charge is 2.36. The summed E-state index contributed by atoms with van der Waals surface area (Å²) in [6.07, 6.45) is 6.60. The second-order valence-electron chi connectivity index (χ2n) is 17.0. The van der Waals surface area contributed by atoms with Gasteiger partial charge in [-0.25, -0.2) is 0 Å². The average Bonchev–Trinajstić information content (AvgIpc) is 4.06. The van der Waals surface area contributed by atoms with E-state index in [4.69, 9.17) is 37.9 Å². The van der Waals surface area contributed by atoms with Crippen molar-refractivity contribution in [2.45, 2.75) is 45.4 Å². The lowest BCUT2D eigenvalue weighted by Gasteiger charge is -2.33. The lowest BCUT2D eigenvalue weighted by atomic mass is 9.92. The van der Waals surface area contributed by atoms with Crippen molar-refractivity contribution in [1.82, 2.24) is 35.6 Å². The summed E-state index contributed by atoms with van der Waals surface area (Å²) in [5.41, 5.74) is -1.01. The highest BCUT2D eigenvalue weighted by atomic mass is 16.6. The fourth-order valence-corrected chi connectivity index (χ4v) is 7.08. The van der Waals surface area contributed by atoms with Crippen LogP contribution in [0.1, 0.15) is 45.4 Å². The normalized spacial score (nSPS) is 16.6. The van der Waals surface area contributed by atoms with E-state index < -0.39 is 64.5 Å². The van der Waals surface area contributed by atoms with Crippen LogP contribution >= 0.6 is 0 Å². The monoisotopic (exact) mass is 1050 g/mol. The molecular formula is C47H65N7O20. The third kappa shape index (κ3) is 21.6. The minimum Gasteiger partial charge on any atom is -0.379 e. The summed E-state index contributed by atoms with van der Waals surface area (Å²) >= 11 is 0. The first-order valence-electron chi connectivity index (χ1n) is 24.0. The average molecular weight is 1050 g/mol. The Labute approximate surface area is 426 Å². The van der Waals surface area contributed by atoms with Gasteiger partial charge in [0.2, 0.25) is 29.5 Å². The van der Waals surface area contributed by atoms with Gasteiger partial charge in [0, 0.05) is 107 Å². The van der Waals surface area contributed by atoms with Crippen LogP contribution < -0.4 is 16.0 Å². The van der Waals surface area contributed by atoms with Crippen LogP contribution in [0.15, 0.2) is 36.5 Å². The highest BCUT2D eigenvalue weighted by Crippen LogP contribution is 2.22. The maximum atomic E-state index is 12.4. The first-order valence-corrected chi connectivity index (χ1v) is 24.0. The van der Waals surface area contributed by atoms with Crippen LogP contribution in [0.5, 0.6) is 0 Å². The van der Waals surface area contributed by atoms with Crippen LogP contribution in [0.2, 0.25) is 0 Å². The Balaban J connectivity index is 1.25. The van der Waals surface area contributed by atoms with E-state index in [0.29, 0.717) is 0 Å². The number of carbonyl (C=O) groups excluding carboxylic acids is 12. The first-order chi connectivity index (χ1) is 35.6. The number of amides is 11. The number of Topliss-reactive ketones (excluding diaryl/α,β-unsaturated/α-hetero) is 1. The van der Waals surface area contributed by atoms with E-state index in [1.54, 1.807) is 6.92 Å². The number of imide groups is 4. The summed E-state index contributed by atoms with van der Waals surface area (Å²) in [5.74, 6) is -5.52. The number of nitrogens with zero attached hydrogens (tertiary/aromatic N) is 4. The number of hydrogen-bond donors (Lipinski definition) is 3. The number of ketones is 1. The third-order valence-corrected chi connectivity index (χ3v) is 11.2. The van der Waals surface area contributed by atoms with Gasteiger partial charge < -0.3 is 53.8 Å². The smallest absolute Gasteiger partial charge is 0.253 e. The maximum absolute atomic E-state index is 12.4. The Bertz CT molecular complexity index is 1880. The molecule has 0 spiro atoms. The predicted molar refractivity (Wildman–Crippen MR) is 250 cm³/mol. The number of hydrogen-bond acceptors (Lipinski definition) is 20. The summed E-state index contributed by atoms with van der Waals surface area (Å²) in [6, 6.07) is 0. The quantitative estimate of drug-likeness (QED) is 0.0312. The predicted octanol–water partition coefficient (Wildman–Crippen LogP) is -2.98. The summed E-state index contributed by atoms with van der Waals surface area (Å²) in [4.78, 5) is 148. The van der Waals surface area contributed by atoms with E-state index in [2.05, 4.69) is 16.0 Å².